The summed E-state index contributed by atoms with van der Waals surface area (Å²) in [5.41, 5.74) is -3.66. The Morgan fingerprint density at radius 2 is 1.19 bits per heavy atom. The third-order valence-corrected chi connectivity index (χ3v) is 13.5. The zero-order chi connectivity index (χ0) is 45.3. The van der Waals surface area contributed by atoms with Gasteiger partial charge in [-0.25, -0.2) is 13.2 Å². The van der Waals surface area contributed by atoms with Crippen LogP contribution >= 0.6 is 0 Å². The number of sulfonamides is 1. The van der Waals surface area contributed by atoms with Gasteiger partial charge in [0, 0.05) is 47.0 Å². The number of likely N-dealkylation sites (tertiary alicyclic amines) is 1. The van der Waals surface area contributed by atoms with Crippen molar-refractivity contribution < 1.29 is 32.3 Å². The smallest absolute Gasteiger partial charge is 0.409 e. The molecule has 2 saturated heterocycles. The highest BCUT2D eigenvalue weighted by atomic mass is 32.2. The van der Waals surface area contributed by atoms with E-state index in [4.69, 9.17) is 4.74 Å². The van der Waals surface area contributed by atoms with Crippen molar-refractivity contribution in [2.24, 2.45) is 16.2 Å². The summed E-state index contributed by atoms with van der Waals surface area (Å²) in [6.45, 7) is 31.4. The molecule has 0 aromatic heterocycles. The van der Waals surface area contributed by atoms with Gasteiger partial charge in [0.05, 0.1) is 29.5 Å². The summed E-state index contributed by atoms with van der Waals surface area (Å²) >= 11 is 0. The quantitative estimate of drug-likeness (QED) is 0.102. The van der Waals surface area contributed by atoms with E-state index in [0.717, 1.165) is 64.2 Å². The van der Waals surface area contributed by atoms with E-state index in [1.807, 2.05) is 83.1 Å². The first kappa shape index (κ1) is 53.2. The molecule has 1 amide bonds. The molecule has 2 aliphatic heterocycles. The van der Waals surface area contributed by atoms with Gasteiger partial charge in [0.1, 0.15) is 0 Å². The van der Waals surface area contributed by atoms with Crippen LogP contribution in [-0.4, -0.2) is 101 Å². The Morgan fingerprint density at radius 3 is 1.68 bits per heavy atom. The Balaban J connectivity index is 1.88. The minimum Gasteiger partial charge on any atom is -0.449 e. The maximum Gasteiger partial charge on any atom is 0.409 e. The average molecular weight is 853 g/mol. The first-order valence-electron chi connectivity index (χ1n) is 22.9. The maximum atomic E-state index is 14.2. The van der Waals surface area contributed by atoms with Crippen LogP contribution in [0.2, 0.25) is 0 Å². The Bertz CT molecular complexity index is 1510. The number of ether oxygens (including phenoxy) is 1. The fourth-order valence-corrected chi connectivity index (χ4v) is 11.0. The predicted molar refractivity (Wildman–Crippen MR) is 241 cm³/mol. The molecule has 2 rings (SSSR count). The van der Waals surface area contributed by atoms with Crippen molar-refractivity contribution in [3.8, 4) is 0 Å². The fourth-order valence-electron chi connectivity index (χ4n) is 9.22. The van der Waals surface area contributed by atoms with E-state index in [-0.39, 0.29) is 40.3 Å². The van der Waals surface area contributed by atoms with E-state index in [1.165, 1.54) is 4.31 Å². The average Bonchev–Trinajstić information content (AvgIpc) is 3.74. The largest absolute Gasteiger partial charge is 0.449 e. The molecule has 0 spiro atoms. The summed E-state index contributed by atoms with van der Waals surface area (Å²) in [6.07, 6.45) is 11.6. The van der Waals surface area contributed by atoms with Gasteiger partial charge >= 0.3 is 6.09 Å². The minimum absolute atomic E-state index is 0.00535. The van der Waals surface area contributed by atoms with E-state index in [9.17, 15) is 27.6 Å². The normalized spacial score (nSPS) is 21.1. The number of amides is 1. The van der Waals surface area contributed by atoms with Gasteiger partial charge in [-0.3, -0.25) is 19.7 Å². The second-order valence-electron chi connectivity index (χ2n) is 23.1. The molecule has 0 aromatic rings. The Hall–Kier alpha value is -1.89. The molecule has 0 bridgehead atoms. The summed E-state index contributed by atoms with van der Waals surface area (Å²) in [4.78, 5) is 55.5. The van der Waals surface area contributed by atoms with Crippen LogP contribution in [0.1, 0.15) is 200 Å². The molecule has 0 aliphatic carbocycles. The minimum atomic E-state index is -3.53. The topological polar surface area (TPSA) is 142 Å². The number of nitrogens with one attached hydrogen (secondary N) is 2. The first-order chi connectivity index (χ1) is 26.8. The number of nitrogens with zero attached hydrogens (tertiary/aromatic N) is 2. The third kappa shape index (κ3) is 16.7. The lowest BCUT2D eigenvalue weighted by Gasteiger charge is -2.43. The van der Waals surface area contributed by atoms with Gasteiger partial charge in [-0.1, -0.05) is 114 Å². The van der Waals surface area contributed by atoms with Crippen molar-refractivity contribution in [1.82, 2.24) is 19.8 Å². The molecule has 3 atom stereocenters. The molecule has 344 valence electrons. The van der Waals surface area contributed by atoms with Crippen molar-refractivity contribution >= 4 is 33.5 Å². The van der Waals surface area contributed by atoms with Crippen LogP contribution in [0.25, 0.3) is 0 Å². The number of carbonyl (C=O) groups is 4. The molecule has 0 radical (unpaired) electrons. The zero-order valence-electron chi connectivity index (χ0n) is 40.4. The van der Waals surface area contributed by atoms with Gasteiger partial charge in [0.2, 0.25) is 10.0 Å². The zero-order valence-corrected chi connectivity index (χ0v) is 41.2. The van der Waals surface area contributed by atoms with Gasteiger partial charge in [0.15, 0.2) is 17.3 Å². The molecule has 2 N–H and O–H groups in total. The van der Waals surface area contributed by atoms with Crippen molar-refractivity contribution in [3.05, 3.63) is 0 Å². The Labute approximate surface area is 361 Å². The van der Waals surface area contributed by atoms with Gasteiger partial charge in [0.25, 0.3) is 0 Å². The lowest BCUT2D eigenvalue weighted by atomic mass is 9.72. The summed E-state index contributed by atoms with van der Waals surface area (Å²) in [5.74, 6) is 0.382. The fraction of sp³-hybridized carbons (Fsp3) is 0.915. The summed E-state index contributed by atoms with van der Waals surface area (Å²) in [5, 5.41) is 7.32. The number of unbranched alkanes of at least 4 members (excludes halogenated alkanes) is 8. The van der Waals surface area contributed by atoms with Crippen molar-refractivity contribution in [1.29, 1.82) is 0 Å². The molecule has 2 heterocycles. The maximum absolute atomic E-state index is 14.2. The molecular weight excluding hydrogens is 765 g/mol. The second-order valence-corrected chi connectivity index (χ2v) is 25.1. The van der Waals surface area contributed by atoms with Crippen LogP contribution in [0.15, 0.2) is 0 Å². The van der Waals surface area contributed by atoms with Crippen LogP contribution in [0, 0.1) is 16.2 Å². The molecule has 2 fully saturated rings. The van der Waals surface area contributed by atoms with Gasteiger partial charge < -0.3 is 15.0 Å². The SMILES string of the molecule is CC(C)(C)NC(CCCCCCCCOC(=O)N1CC[C@@](NC(C)(C)C)(C(=O)C(C)(C)C)C1)(CCCCCCS(=O)(=O)N1CCC[C@@H]1C(=O)C(C)(C)C)C(=O)C(C)(C)C. The van der Waals surface area contributed by atoms with Crippen LogP contribution < -0.4 is 10.6 Å². The standard InChI is InChI=1S/C47H88N4O7S/c1-41(2,3)37(52)36-27-26-31-51(36)59(56,57)34-25-21-19-23-29-46(48-44(10,11)12,38(53)42(4,5)6)28-22-18-16-17-20-24-33-58-40(55)50-32-30-47(35-50,49-45(13,14)15)39(54)43(7,8)9/h36,48-49H,16-35H2,1-15H3/t36-,46?,47+/m1/s1. The monoisotopic (exact) mass is 853 g/mol. The molecule has 11 nitrogen and oxygen atoms in total. The van der Waals surface area contributed by atoms with Crippen molar-refractivity contribution in [3.63, 3.8) is 0 Å². The van der Waals surface area contributed by atoms with Gasteiger partial charge in [-0.05, 0) is 86.5 Å². The lowest BCUT2D eigenvalue weighted by molar-refractivity contribution is -0.135. The summed E-state index contributed by atoms with van der Waals surface area (Å²) < 4.78 is 33.8. The summed E-state index contributed by atoms with van der Waals surface area (Å²) in [7, 11) is -3.53. The van der Waals surface area contributed by atoms with Gasteiger partial charge in [-0.2, -0.15) is 4.31 Å². The Morgan fingerprint density at radius 1 is 0.661 bits per heavy atom. The molecule has 1 unspecified atom stereocenters. The molecule has 2 aliphatic rings. The number of hydrogen-bond donors (Lipinski definition) is 2. The van der Waals surface area contributed by atoms with E-state index < -0.39 is 43.4 Å². The molecular formula is C47H88N4O7S. The number of carbonyl (C=O) groups excluding carboxylic acids is 4. The number of rotatable bonds is 22. The van der Waals surface area contributed by atoms with E-state index in [1.54, 1.807) is 4.90 Å². The highest BCUT2D eigenvalue weighted by Gasteiger charge is 2.51. The lowest BCUT2D eigenvalue weighted by Crippen LogP contribution is -2.63. The van der Waals surface area contributed by atoms with Gasteiger partial charge in [-0.15, -0.1) is 0 Å². The predicted octanol–water partition coefficient (Wildman–Crippen LogP) is 9.40. The molecule has 0 saturated carbocycles. The number of ketones is 3. The molecule has 0 aromatic carbocycles. The first-order valence-corrected chi connectivity index (χ1v) is 24.5. The molecule has 12 heteroatoms. The number of hydrogen-bond acceptors (Lipinski definition) is 9. The van der Waals surface area contributed by atoms with Crippen LogP contribution in [0.5, 0.6) is 0 Å². The third-order valence-electron chi connectivity index (χ3n) is 11.6. The van der Waals surface area contributed by atoms with Crippen LogP contribution in [-0.2, 0) is 29.1 Å². The molecule has 59 heavy (non-hydrogen) atoms. The van der Waals surface area contributed by atoms with E-state index in [0.29, 0.717) is 58.3 Å². The van der Waals surface area contributed by atoms with Crippen LogP contribution in [0.3, 0.4) is 0 Å². The Kier molecular flexibility index (Phi) is 18.9. The van der Waals surface area contributed by atoms with Crippen molar-refractivity contribution in [2.45, 2.75) is 228 Å². The van der Waals surface area contributed by atoms with E-state index >= 15 is 0 Å². The summed E-state index contributed by atoms with van der Waals surface area (Å²) in [6, 6.07) is -0.552. The second kappa shape index (κ2) is 21.0. The van der Waals surface area contributed by atoms with Crippen molar-refractivity contribution in [2.75, 3.05) is 32.0 Å². The highest BCUT2D eigenvalue weighted by molar-refractivity contribution is 7.89. The number of Topliss-reactive ketones (excluding diaryl/α,β-unsaturated/α-hetero) is 3. The van der Waals surface area contributed by atoms with Crippen LogP contribution in [0.4, 0.5) is 4.79 Å². The van der Waals surface area contributed by atoms with E-state index in [2.05, 4.69) is 31.4 Å². The highest BCUT2D eigenvalue weighted by Crippen LogP contribution is 2.36.